The van der Waals surface area contributed by atoms with E-state index in [0.29, 0.717) is 33.5 Å². The fraction of sp³-hybridized carbons (Fsp3) is 0.0833. The van der Waals surface area contributed by atoms with Crippen molar-refractivity contribution in [2.45, 2.75) is 5.16 Å². The molecule has 4 rings (SSSR count). The zero-order valence-corrected chi connectivity index (χ0v) is 21.1. The van der Waals surface area contributed by atoms with Gasteiger partial charge in [0.15, 0.2) is 5.82 Å². The predicted octanol–water partition coefficient (Wildman–Crippen LogP) is 6.05. The monoisotopic (exact) mass is 545 g/mol. The highest BCUT2D eigenvalue weighted by Crippen LogP contribution is 2.34. The van der Waals surface area contributed by atoms with Gasteiger partial charge in [0.05, 0.1) is 30.4 Å². The SMILES string of the molecule is COC(=O)c1cc(-c2ccc(/C=C(\Sc3n[nH]c(-c4cc(Cl)ccc4OC)n3)C(=O)O)o2)ccc1Cl. The lowest BCUT2D eigenvalue weighted by Gasteiger charge is -2.05. The van der Waals surface area contributed by atoms with Gasteiger partial charge in [-0.25, -0.2) is 14.6 Å². The smallest absolute Gasteiger partial charge is 0.342 e. The van der Waals surface area contributed by atoms with Gasteiger partial charge in [-0.05, 0) is 60.3 Å². The largest absolute Gasteiger partial charge is 0.496 e. The van der Waals surface area contributed by atoms with Crippen molar-refractivity contribution >= 4 is 53.0 Å². The van der Waals surface area contributed by atoms with Gasteiger partial charge in [-0.3, -0.25) is 5.10 Å². The van der Waals surface area contributed by atoms with E-state index >= 15 is 0 Å². The van der Waals surface area contributed by atoms with Gasteiger partial charge in [-0.2, -0.15) is 0 Å². The van der Waals surface area contributed by atoms with Gasteiger partial charge >= 0.3 is 11.9 Å². The van der Waals surface area contributed by atoms with E-state index in [1.54, 1.807) is 42.5 Å². The fourth-order valence-corrected chi connectivity index (χ4v) is 4.22. The highest BCUT2D eigenvalue weighted by molar-refractivity contribution is 8.04. The quantitative estimate of drug-likeness (QED) is 0.154. The van der Waals surface area contributed by atoms with Crippen molar-refractivity contribution in [3.8, 4) is 28.5 Å². The van der Waals surface area contributed by atoms with Gasteiger partial charge in [0.2, 0.25) is 5.16 Å². The molecule has 0 aliphatic rings. The van der Waals surface area contributed by atoms with Crippen LogP contribution in [0.5, 0.6) is 5.75 Å². The molecule has 36 heavy (non-hydrogen) atoms. The number of aromatic nitrogens is 3. The number of carboxylic acid groups (broad SMARTS) is 1. The third-order valence-corrected chi connectivity index (χ3v) is 6.29. The number of furan rings is 1. The lowest BCUT2D eigenvalue weighted by molar-refractivity contribution is -0.131. The van der Waals surface area contributed by atoms with E-state index in [1.165, 1.54) is 26.4 Å². The maximum atomic E-state index is 11.9. The fourth-order valence-electron chi connectivity index (χ4n) is 3.17. The van der Waals surface area contributed by atoms with Crippen LogP contribution >= 0.6 is 35.0 Å². The Bertz CT molecular complexity index is 1480. The number of aromatic amines is 1. The molecule has 2 aromatic heterocycles. The summed E-state index contributed by atoms with van der Waals surface area (Å²) in [5, 5.41) is 17.5. The van der Waals surface area contributed by atoms with E-state index in [-0.39, 0.29) is 26.4 Å². The number of H-pyrrole nitrogens is 1. The standard InChI is InChI=1S/C24H17Cl2N3O6S/c1-33-19-7-4-13(25)10-16(19)21-27-24(29-28-21)36-20(22(30)31)11-14-5-8-18(35-14)12-3-6-17(26)15(9-12)23(32)34-2/h3-11H,1-2H3,(H,30,31)(H,27,28,29)/b20-11-. The van der Waals surface area contributed by atoms with Gasteiger partial charge < -0.3 is 19.0 Å². The van der Waals surface area contributed by atoms with Gasteiger partial charge in [-0.1, -0.05) is 23.2 Å². The van der Waals surface area contributed by atoms with Crippen molar-refractivity contribution in [2.75, 3.05) is 14.2 Å². The van der Waals surface area contributed by atoms with E-state index in [9.17, 15) is 14.7 Å². The second kappa shape index (κ2) is 10.9. The highest BCUT2D eigenvalue weighted by Gasteiger charge is 2.18. The average Bonchev–Trinajstić information content (AvgIpc) is 3.53. The Labute approximate surface area is 219 Å². The normalized spacial score (nSPS) is 11.4. The molecule has 2 aromatic carbocycles. The number of carbonyl (C=O) groups excluding carboxylic acids is 1. The average molecular weight is 546 g/mol. The Morgan fingerprint density at radius 2 is 1.92 bits per heavy atom. The molecule has 0 fully saturated rings. The van der Waals surface area contributed by atoms with E-state index in [2.05, 4.69) is 15.2 Å². The lowest BCUT2D eigenvalue weighted by atomic mass is 10.1. The number of nitrogens with one attached hydrogen (secondary N) is 1. The van der Waals surface area contributed by atoms with Crippen LogP contribution in [0.15, 0.2) is 63.0 Å². The van der Waals surface area contributed by atoms with Crippen LogP contribution in [0.1, 0.15) is 16.1 Å². The third-order valence-electron chi connectivity index (χ3n) is 4.85. The van der Waals surface area contributed by atoms with Crippen molar-refractivity contribution in [1.29, 1.82) is 0 Å². The van der Waals surface area contributed by atoms with E-state index in [1.807, 2.05) is 0 Å². The number of esters is 1. The number of hydrogen-bond acceptors (Lipinski definition) is 8. The molecule has 0 atom stereocenters. The molecular weight excluding hydrogens is 529 g/mol. The highest BCUT2D eigenvalue weighted by atomic mass is 35.5. The molecule has 0 radical (unpaired) electrons. The van der Waals surface area contributed by atoms with Crippen LogP contribution in [0.25, 0.3) is 28.8 Å². The van der Waals surface area contributed by atoms with Crippen LogP contribution in [-0.2, 0) is 9.53 Å². The van der Waals surface area contributed by atoms with E-state index in [4.69, 9.17) is 37.1 Å². The topological polar surface area (TPSA) is 128 Å². The number of thioether (sulfide) groups is 1. The summed E-state index contributed by atoms with van der Waals surface area (Å²) < 4.78 is 15.9. The van der Waals surface area contributed by atoms with Crippen LogP contribution in [0.3, 0.4) is 0 Å². The molecular formula is C24H17Cl2N3O6S. The van der Waals surface area contributed by atoms with E-state index < -0.39 is 11.9 Å². The zero-order valence-electron chi connectivity index (χ0n) is 18.7. The number of halogens is 2. The molecule has 9 nitrogen and oxygen atoms in total. The summed E-state index contributed by atoms with van der Waals surface area (Å²) in [6, 6.07) is 13.0. The van der Waals surface area contributed by atoms with Crippen LogP contribution in [0, 0.1) is 0 Å². The minimum atomic E-state index is -1.19. The maximum absolute atomic E-state index is 11.9. The summed E-state index contributed by atoms with van der Waals surface area (Å²) in [5.41, 5.74) is 1.33. The van der Waals surface area contributed by atoms with Crippen molar-refractivity contribution in [3.05, 3.63) is 74.8 Å². The van der Waals surface area contributed by atoms with Gasteiger partial charge in [0.25, 0.3) is 0 Å². The molecule has 2 N–H and O–H groups in total. The maximum Gasteiger partial charge on any atom is 0.342 e. The Balaban J connectivity index is 1.59. The minimum absolute atomic E-state index is 0.0779. The lowest BCUT2D eigenvalue weighted by Crippen LogP contribution is -2.02. The van der Waals surface area contributed by atoms with E-state index in [0.717, 1.165) is 11.8 Å². The van der Waals surface area contributed by atoms with Crippen molar-refractivity contribution in [1.82, 2.24) is 15.2 Å². The second-order valence-corrected chi connectivity index (χ2v) is 8.97. The van der Waals surface area contributed by atoms with Crippen LogP contribution in [0.4, 0.5) is 0 Å². The number of carboxylic acids is 1. The summed E-state index contributed by atoms with van der Waals surface area (Å²) in [6.45, 7) is 0. The molecule has 0 unspecified atom stereocenters. The van der Waals surface area contributed by atoms with Crippen molar-refractivity contribution in [3.63, 3.8) is 0 Å². The molecule has 12 heteroatoms. The predicted molar refractivity (Wildman–Crippen MR) is 135 cm³/mol. The van der Waals surface area contributed by atoms with Crippen LogP contribution < -0.4 is 4.74 Å². The second-order valence-electron chi connectivity index (χ2n) is 7.12. The first-order valence-electron chi connectivity index (χ1n) is 10.2. The molecule has 184 valence electrons. The number of rotatable bonds is 8. The number of methoxy groups -OCH3 is 2. The Kier molecular flexibility index (Phi) is 7.68. The van der Waals surface area contributed by atoms with Gasteiger partial charge in [0.1, 0.15) is 22.2 Å². The molecule has 0 bridgehead atoms. The number of hydrogen-bond donors (Lipinski definition) is 2. The number of carbonyl (C=O) groups is 2. The van der Waals surface area contributed by atoms with Crippen LogP contribution in [0.2, 0.25) is 10.0 Å². The third kappa shape index (κ3) is 5.56. The summed E-state index contributed by atoms with van der Waals surface area (Å²) in [5.74, 6) is -0.195. The first-order valence-corrected chi connectivity index (χ1v) is 11.7. The molecule has 0 saturated carbocycles. The number of benzene rings is 2. The Hall–Kier alpha value is -3.73. The molecule has 2 heterocycles. The molecule has 0 saturated heterocycles. The molecule has 0 spiro atoms. The van der Waals surface area contributed by atoms with Gasteiger partial charge in [0, 0.05) is 16.7 Å². The molecule has 0 aliphatic heterocycles. The molecule has 0 aliphatic carbocycles. The zero-order chi connectivity index (χ0) is 25.8. The van der Waals surface area contributed by atoms with Crippen LogP contribution in [-0.4, -0.2) is 46.4 Å². The van der Waals surface area contributed by atoms with Crippen molar-refractivity contribution in [2.24, 2.45) is 0 Å². The first kappa shape index (κ1) is 25.4. The summed E-state index contributed by atoms with van der Waals surface area (Å²) in [7, 11) is 2.77. The molecule has 4 aromatic rings. The number of aliphatic carboxylic acids is 1. The minimum Gasteiger partial charge on any atom is -0.496 e. The Morgan fingerprint density at radius 3 is 2.64 bits per heavy atom. The Morgan fingerprint density at radius 1 is 1.11 bits per heavy atom. The number of ether oxygens (including phenoxy) is 2. The first-order chi connectivity index (χ1) is 17.3. The van der Waals surface area contributed by atoms with Gasteiger partial charge in [-0.15, -0.1) is 5.10 Å². The molecule has 0 amide bonds. The summed E-state index contributed by atoms with van der Waals surface area (Å²) >= 11 is 13.0. The summed E-state index contributed by atoms with van der Waals surface area (Å²) in [6.07, 6.45) is 1.35. The van der Waals surface area contributed by atoms with Crippen molar-refractivity contribution < 1.29 is 28.6 Å². The number of nitrogens with zero attached hydrogens (tertiary/aromatic N) is 2. The summed E-state index contributed by atoms with van der Waals surface area (Å²) in [4.78, 5) is 28.1.